The molecule has 38 heavy (non-hydrogen) atoms. The Hall–Kier alpha value is -0.800. The second-order valence-electron chi connectivity index (χ2n) is 11.4. The number of piperidine rings is 2. The van der Waals surface area contributed by atoms with Gasteiger partial charge in [-0.15, -0.1) is 23.4 Å². The molecule has 0 radical (unpaired) electrons. The first-order chi connectivity index (χ1) is 18.1. The molecule has 0 aromatic rings. The SMILES string of the molecule is COC1CNC(Cl)CC1C1CC(C)NCC1C(=O)NC1NC2CN(C(=O)C3CN(C)NC3C(F)F)CC2S1. The number of hydrogen-bond acceptors (Lipinski definition) is 9. The number of nitrogens with one attached hydrogen (secondary N) is 5. The molecule has 0 saturated carbocycles. The first-order valence-corrected chi connectivity index (χ1v) is 14.9. The zero-order chi connectivity index (χ0) is 27.1. The van der Waals surface area contributed by atoms with E-state index in [-0.39, 0.29) is 64.5 Å². The fourth-order valence-corrected chi connectivity index (χ4v) is 8.65. The maximum Gasteiger partial charge on any atom is 0.255 e. The van der Waals surface area contributed by atoms with Gasteiger partial charge in [0, 0.05) is 64.2 Å². The van der Waals surface area contributed by atoms with Gasteiger partial charge in [-0.3, -0.25) is 20.2 Å². The third kappa shape index (κ3) is 5.95. The van der Waals surface area contributed by atoms with Crippen molar-refractivity contribution in [2.75, 3.05) is 46.9 Å². The Morgan fingerprint density at radius 1 is 1.11 bits per heavy atom. The molecule has 0 spiro atoms. The molecule has 5 fully saturated rings. The molecule has 5 N–H and O–H groups in total. The number of methoxy groups -OCH3 is 1. The number of nitrogens with zero attached hydrogens (tertiary/aromatic N) is 2. The van der Waals surface area contributed by atoms with Crippen LogP contribution in [0.2, 0.25) is 0 Å². The number of carbonyl (C=O) groups is 2. The molecule has 0 aromatic heterocycles. The van der Waals surface area contributed by atoms with Crippen LogP contribution in [-0.4, -0.2) is 116 Å². The van der Waals surface area contributed by atoms with Crippen molar-refractivity contribution in [2.45, 2.75) is 66.7 Å². The number of amides is 2. The van der Waals surface area contributed by atoms with Crippen LogP contribution in [0, 0.1) is 23.7 Å². The Balaban J connectivity index is 1.17. The van der Waals surface area contributed by atoms with Crippen LogP contribution in [0.3, 0.4) is 0 Å². The van der Waals surface area contributed by atoms with Crippen LogP contribution in [0.4, 0.5) is 8.78 Å². The Labute approximate surface area is 232 Å². The number of fused-ring (bicyclic) bond motifs is 1. The van der Waals surface area contributed by atoms with Gasteiger partial charge in [0.2, 0.25) is 11.8 Å². The van der Waals surface area contributed by atoms with Gasteiger partial charge in [0.25, 0.3) is 6.43 Å². The van der Waals surface area contributed by atoms with Crippen LogP contribution in [0.1, 0.15) is 19.8 Å². The lowest BCUT2D eigenvalue weighted by Gasteiger charge is -2.45. The van der Waals surface area contributed by atoms with Crippen molar-refractivity contribution in [3.05, 3.63) is 0 Å². The van der Waals surface area contributed by atoms with E-state index >= 15 is 0 Å². The summed E-state index contributed by atoms with van der Waals surface area (Å²) in [5, 5.41) is 15.1. The van der Waals surface area contributed by atoms with Gasteiger partial charge in [-0.2, -0.15) is 0 Å². The van der Waals surface area contributed by atoms with Crippen LogP contribution < -0.4 is 26.7 Å². The molecule has 5 aliphatic heterocycles. The molecule has 216 valence electrons. The van der Waals surface area contributed by atoms with E-state index in [0.717, 1.165) is 12.8 Å². The lowest BCUT2D eigenvalue weighted by atomic mass is 9.70. The number of thioether (sulfide) groups is 1. The minimum absolute atomic E-state index is 0.00550. The molecular formula is C24H40ClF2N7O3S. The van der Waals surface area contributed by atoms with E-state index in [0.29, 0.717) is 32.2 Å². The van der Waals surface area contributed by atoms with Crippen molar-refractivity contribution in [3.63, 3.8) is 0 Å². The summed E-state index contributed by atoms with van der Waals surface area (Å²) < 4.78 is 32.7. The molecule has 0 bridgehead atoms. The topological polar surface area (TPSA) is 110 Å². The van der Waals surface area contributed by atoms with E-state index in [1.165, 1.54) is 0 Å². The van der Waals surface area contributed by atoms with Crippen LogP contribution in [0.25, 0.3) is 0 Å². The summed E-state index contributed by atoms with van der Waals surface area (Å²) in [7, 11) is 3.39. The molecule has 0 aromatic carbocycles. The number of rotatable bonds is 6. The Bertz CT molecular complexity index is 867. The van der Waals surface area contributed by atoms with Crippen LogP contribution in [0.15, 0.2) is 0 Å². The Kier molecular flexibility index (Phi) is 9.05. The third-order valence-corrected chi connectivity index (χ3v) is 10.6. The summed E-state index contributed by atoms with van der Waals surface area (Å²) in [5.41, 5.74) is 2.31. The minimum atomic E-state index is -2.61. The number of carbonyl (C=O) groups excluding carboxylic acids is 2. The zero-order valence-electron chi connectivity index (χ0n) is 22.0. The highest BCUT2D eigenvalue weighted by Gasteiger charge is 2.49. The molecule has 5 rings (SSSR count). The predicted molar refractivity (Wildman–Crippen MR) is 141 cm³/mol. The molecule has 0 aliphatic carbocycles. The lowest BCUT2D eigenvalue weighted by Crippen LogP contribution is -2.57. The molecule has 14 heteroatoms. The number of hydrogen-bond donors (Lipinski definition) is 5. The van der Waals surface area contributed by atoms with Gasteiger partial charge in [0.1, 0.15) is 5.50 Å². The highest BCUT2D eigenvalue weighted by Crippen LogP contribution is 2.39. The van der Waals surface area contributed by atoms with Gasteiger partial charge in [-0.1, -0.05) is 0 Å². The maximum absolute atomic E-state index is 13.5. The summed E-state index contributed by atoms with van der Waals surface area (Å²) in [4.78, 5) is 28.3. The van der Waals surface area contributed by atoms with E-state index in [9.17, 15) is 18.4 Å². The van der Waals surface area contributed by atoms with Crippen molar-refractivity contribution in [2.24, 2.45) is 23.7 Å². The first kappa shape index (κ1) is 28.7. The maximum atomic E-state index is 13.5. The van der Waals surface area contributed by atoms with Gasteiger partial charge in [-0.25, -0.2) is 19.2 Å². The van der Waals surface area contributed by atoms with Gasteiger partial charge in [0.05, 0.1) is 29.5 Å². The van der Waals surface area contributed by atoms with Gasteiger partial charge < -0.3 is 20.3 Å². The fourth-order valence-electron chi connectivity index (χ4n) is 6.95. The van der Waals surface area contributed by atoms with Crippen LogP contribution >= 0.6 is 23.4 Å². The Morgan fingerprint density at radius 3 is 2.61 bits per heavy atom. The Morgan fingerprint density at radius 2 is 1.89 bits per heavy atom. The fraction of sp³-hybridized carbons (Fsp3) is 0.917. The summed E-state index contributed by atoms with van der Waals surface area (Å²) in [5.74, 6) is -0.854. The average Bonchev–Trinajstić information content (AvgIpc) is 3.56. The number of hydrazine groups is 1. The van der Waals surface area contributed by atoms with Crippen LogP contribution in [0.5, 0.6) is 0 Å². The van der Waals surface area contributed by atoms with Crippen molar-refractivity contribution in [1.29, 1.82) is 0 Å². The summed E-state index contributed by atoms with van der Waals surface area (Å²) in [6.07, 6.45) is -0.963. The number of alkyl halides is 3. The van der Waals surface area contributed by atoms with Crippen molar-refractivity contribution < 1.29 is 23.1 Å². The average molecular weight is 580 g/mol. The molecule has 11 unspecified atom stereocenters. The molecule has 5 aliphatic rings. The van der Waals surface area contributed by atoms with Crippen molar-refractivity contribution in [1.82, 2.24) is 36.6 Å². The normalized spacial score (nSPS) is 44.0. The van der Waals surface area contributed by atoms with Gasteiger partial charge in [0.15, 0.2) is 0 Å². The van der Waals surface area contributed by atoms with Gasteiger partial charge >= 0.3 is 0 Å². The van der Waals surface area contributed by atoms with Crippen molar-refractivity contribution >= 4 is 35.2 Å². The van der Waals surface area contributed by atoms with Crippen LogP contribution in [-0.2, 0) is 14.3 Å². The molecule has 5 saturated heterocycles. The summed E-state index contributed by atoms with van der Waals surface area (Å²) >= 11 is 8.05. The van der Waals surface area contributed by atoms with E-state index in [2.05, 4.69) is 33.6 Å². The third-order valence-electron chi connectivity index (χ3n) is 8.91. The van der Waals surface area contributed by atoms with E-state index in [1.807, 2.05) is 0 Å². The van der Waals surface area contributed by atoms with E-state index in [4.69, 9.17) is 16.3 Å². The van der Waals surface area contributed by atoms with Crippen molar-refractivity contribution in [3.8, 4) is 0 Å². The minimum Gasteiger partial charge on any atom is -0.380 e. The monoisotopic (exact) mass is 579 g/mol. The molecule has 10 nitrogen and oxygen atoms in total. The molecule has 2 amide bonds. The number of halogens is 3. The molecular weight excluding hydrogens is 540 g/mol. The van der Waals surface area contributed by atoms with E-state index in [1.54, 1.807) is 35.8 Å². The number of ether oxygens (including phenoxy) is 1. The standard InChI is InChI=1S/C24H40ClF2N7O3S/c1-11-4-12(13-5-19(25)29-7-17(13)37-3)14(6-28-11)22(35)31-24-30-16-9-34(10-18(16)38-24)23(36)15-8-33(2)32-20(15)21(26)27/h11-21,24,28-30,32H,4-10H2,1-3H3,(H,31,35). The van der Waals surface area contributed by atoms with E-state index < -0.39 is 18.4 Å². The first-order valence-electron chi connectivity index (χ1n) is 13.5. The lowest BCUT2D eigenvalue weighted by molar-refractivity contribution is -0.136. The predicted octanol–water partition coefficient (Wildman–Crippen LogP) is -0.194. The zero-order valence-corrected chi connectivity index (χ0v) is 23.6. The second kappa shape index (κ2) is 12.0. The smallest absolute Gasteiger partial charge is 0.255 e. The quantitative estimate of drug-likeness (QED) is 0.216. The molecule has 5 heterocycles. The largest absolute Gasteiger partial charge is 0.380 e. The summed E-state index contributed by atoms with van der Waals surface area (Å²) in [6, 6.07) is -0.843. The highest BCUT2D eigenvalue weighted by molar-refractivity contribution is 8.00. The van der Waals surface area contributed by atoms with Gasteiger partial charge in [-0.05, 0) is 31.6 Å². The number of likely N-dealkylation sites (tertiary alicyclic amines) is 1. The molecule has 11 atom stereocenters. The second-order valence-corrected chi connectivity index (χ2v) is 13.3. The summed E-state index contributed by atoms with van der Waals surface area (Å²) in [6.45, 7) is 4.62. The highest BCUT2D eigenvalue weighted by atomic mass is 35.5.